The number of ether oxygens (including phenoxy) is 1. The molecule has 97 valence electrons. The zero-order valence-electron chi connectivity index (χ0n) is 11.0. The van der Waals surface area contributed by atoms with E-state index >= 15 is 0 Å². The summed E-state index contributed by atoms with van der Waals surface area (Å²) in [5, 5.41) is 0.377. The Kier molecular flexibility index (Phi) is 3.86. The van der Waals surface area contributed by atoms with Crippen LogP contribution in [0.5, 0.6) is 5.88 Å². The van der Waals surface area contributed by atoms with E-state index in [2.05, 4.69) is 11.1 Å². The van der Waals surface area contributed by atoms with Crippen molar-refractivity contribution in [3.05, 3.63) is 57.7 Å². The molecule has 2 aromatic rings. The third-order valence-corrected chi connectivity index (χ3v) is 3.21. The number of halogens is 1. The first-order valence-corrected chi connectivity index (χ1v) is 6.18. The third kappa shape index (κ3) is 3.12. The molecule has 0 bridgehead atoms. The Hall–Kier alpha value is -1.87. The molecule has 0 saturated carbocycles. The predicted molar refractivity (Wildman–Crippen MR) is 73.7 cm³/mol. The minimum Gasteiger partial charge on any atom is -0.404 e. The number of hydrogen-bond acceptors (Lipinski definition) is 3. The molecule has 19 heavy (non-hydrogen) atoms. The van der Waals surface area contributed by atoms with Crippen LogP contribution in [0.15, 0.2) is 24.4 Å². The number of hydrogen-bond donors (Lipinski definition) is 0. The Morgan fingerprint density at radius 3 is 2.42 bits per heavy atom. The summed E-state index contributed by atoms with van der Waals surface area (Å²) in [6.07, 6.45) is 1.38. The van der Waals surface area contributed by atoms with Crippen LogP contribution in [0.25, 0.3) is 0 Å². The van der Waals surface area contributed by atoms with Gasteiger partial charge in [0, 0.05) is 12.1 Å². The molecule has 0 unspecified atom stereocenters. The average Bonchev–Trinajstić information content (AvgIpc) is 2.38. The molecule has 1 aromatic heterocycles. The van der Waals surface area contributed by atoms with E-state index in [-0.39, 0.29) is 5.88 Å². The van der Waals surface area contributed by atoms with Crippen molar-refractivity contribution in [1.82, 2.24) is 4.98 Å². The predicted octanol–water partition coefficient (Wildman–Crippen LogP) is 3.68. The number of benzene rings is 1. The van der Waals surface area contributed by atoms with Gasteiger partial charge in [-0.25, -0.2) is 9.78 Å². The van der Waals surface area contributed by atoms with Gasteiger partial charge in [-0.1, -0.05) is 11.6 Å². The van der Waals surface area contributed by atoms with E-state index in [4.69, 9.17) is 16.3 Å². The van der Waals surface area contributed by atoms with Crippen LogP contribution in [0.1, 0.15) is 27.0 Å². The lowest BCUT2D eigenvalue weighted by Gasteiger charge is -2.08. The minimum absolute atomic E-state index is 0.185. The van der Waals surface area contributed by atoms with Crippen LogP contribution in [-0.2, 0) is 0 Å². The summed E-state index contributed by atoms with van der Waals surface area (Å²) in [5.41, 5.74) is 3.80. The van der Waals surface area contributed by atoms with Crippen LogP contribution in [0, 0.1) is 26.8 Å². The van der Waals surface area contributed by atoms with Gasteiger partial charge in [0.2, 0.25) is 5.88 Å². The second-order valence-electron chi connectivity index (χ2n) is 4.36. The number of carbonyl (C=O) groups is 1. The van der Waals surface area contributed by atoms with Crippen LogP contribution in [-0.4, -0.2) is 11.0 Å². The fraction of sp³-hybridized carbons (Fsp3) is 0.200. The fourth-order valence-corrected chi connectivity index (χ4v) is 1.79. The van der Waals surface area contributed by atoms with Crippen LogP contribution < -0.4 is 4.74 Å². The van der Waals surface area contributed by atoms with Gasteiger partial charge >= 0.3 is 5.97 Å². The van der Waals surface area contributed by atoms with E-state index in [9.17, 15) is 4.79 Å². The molecule has 0 spiro atoms. The van der Waals surface area contributed by atoms with E-state index in [1.165, 1.54) is 17.8 Å². The molecule has 1 aromatic carbocycles. The standard InChI is InChI=1S/C15H13ClNO2/c1-9-6-12(7-10(2)11(9)3)15(18)19-14-5-4-13(16)8-17-14/h5-8H,1-3H3. The first-order chi connectivity index (χ1) is 8.97. The van der Waals surface area contributed by atoms with Crippen molar-refractivity contribution >= 4 is 17.6 Å². The van der Waals surface area contributed by atoms with Gasteiger partial charge in [0.05, 0.1) is 16.8 Å². The summed E-state index contributed by atoms with van der Waals surface area (Å²) in [6, 6.07) is 7.77. The van der Waals surface area contributed by atoms with Crippen LogP contribution in [0.4, 0.5) is 0 Å². The molecular weight excluding hydrogens is 262 g/mol. The number of aromatic nitrogens is 1. The second kappa shape index (κ2) is 5.41. The summed E-state index contributed by atoms with van der Waals surface area (Å²) < 4.78 is 5.17. The van der Waals surface area contributed by atoms with Crippen LogP contribution in [0.3, 0.4) is 0 Å². The summed E-state index contributed by atoms with van der Waals surface area (Å²) in [5.74, 6) is -0.250. The highest BCUT2D eigenvalue weighted by Gasteiger charge is 2.12. The normalized spacial score (nSPS) is 10.3. The van der Waals surface area contributed by atoms with Crippen molar-refractivity contribution in [3.8, 4) is 5.88 Å². The molecule has 0 aliphatic heterocycles. The number of esters is 1. The van der Waals surface area contributed by atoms with Gasteiger partial charge in [0.15, 0.2) is 0 Å². The van der Waals surface area contributed by atoms with Gasteiger partial charge in [-0.15, -0.1) is 0 Å². The van der Waals surface area contributed by atoms with Crippen LogP contribution >= 0.6 is 11.6 Å². The van der Waals surface area contributed by atoms with E-state index in [1.807, 2.05) is 32.9 Å². The van der Waals surface area contributed by atoms with Crippen molar-refractivity contribution in [1.29, 1.82) is 0 Å². The van der Waals surface area contributed by atoms with Crippen molar-refractivity contribution in [2.75, 3.05) is 0 Å². The average molecular weight is 275 g/mol. The molecule has 0 atom stereocenters. The smallest absolute Gasteiger partial charge is 0.344 e. The second-order valence-corrected chi connectivity index (χ2v) is 4.76. The first-order valence-electron chi connectivity index (χ1n) is 5.80. The molecule has 2 rings (SSSR count). The highest BCUT2D eigenvalue weighted by atomic mass is 35.5. The lowest BCUT2D eigenvalue weighted by atomic mass is 10.0. The molecule has 0 aliphatic carbocycles. The zero-order chi connectivity index (χ0) is 14.0. The first kappa shape index (κ1) is 13.6. The summed E-state index contributed by atoms with van der Waals surface area (Å²) in [4.78, 5) is 15.9. The molecule has 4 heteroatoms. The number of rotatable bonds is 2. The van der Waals surface area contributed by atoms with Crippen molar-refractivity contribution in [3.63, 3.8) is 0 Å². The van der Waals surface area contributed by atoms with E-state index in [1.54, 1.807) is 0 Å². The Balaban J connectivity index is 2.23. The molecule has 1 heterocycles. The lowest BCUT2D eigenvalue weighted by molar-refractivity contribution is 0.0727. The van der Waals surface area contributed by atoms with Crippen molar-refractivity contribution in [2.24, 2.45) is 0 Å². The van der Waals surface area contributed by atoms with Gasteiger partial charge < -0.3 is 4.74 Å². The van der Waals surface area contributed by atoms with Crippen molar-refractivity contribution < 1.29 is 9.53 Å². The largest absolute Gasteiger partial charge is 0.404 e. The Bertz CT molecular complexity index is 598. The molecule has 3 nitrogen and oxygen atoms in total. The van der Waals surface area contributed by atoms with E-state index < -0.39 is 5.97 Å². The number of pyridine rings is 1. The Morgan fingerprint density at radius 2 is 1.89 bits per heavy atom. The van der Waals surface area contributed by atoms with E-state index in [0.29, 0.717) is 10.6 Å². The zero-order valence-corrected chi connectivity index (χ0v) is 11.7. The molecular formula is C15H13ClNO2. The number of aryl methyl sites for hydroxylation is 2. The maximum absolute atomic E-state index is 12.0. The number of nitrogens with zero attached hydrogens (tertiary/aromatic N) is 1. The van der Waals surface area contributed by atoms with Gasteiger partial charge in [-0.05, 0) is 49.6 Å². The molecule has 0 amide bonds. The number of carbonyl (C=O) groups excluding carboxylic acids is 1. The Morgan fingerprint density at radius 1 is 1.26 bits per heavy atom. The van der Waals surface area contributed by atoms with Gasteiger partial charge in [0.25, 0.3) is 0 Å². The minimum atomic E-state index is -0.436. The summed E-state index contributed by atoms with van der Waals surface area (Å²) in [6.45, 7) is 5.95. The Labute approximate surface area is 117 Å². The molecule has 1 radical (unpaired) electrons. The topological polar surface area (TPSA) is 39.2 Å². The fourth-order valence-electron chi connectivity index (χ4n) is 1.69. The molecule has 0 N–H and O–H groups in total. The SMILES string of the molecule is Cc1cc(C(=O)Oc2c[c]c(Cl)cn2)cc(C)c1C. The summed E-state index contributed by atoms with van der Waals surface area (Å²) >= 11 is 5.67. The van der Waals surface area contributed by atoms with Gasteiger partial charge in [0.1, 0.15) is 0 Å². The summed E-state index contributed by atoms with van der Waals surface area (Å²) in [7, 11) is 0. The maximum atomic E-state index is 12.0. The van der Waals surface area contributed by atoms with Crippen LogP contribution in [0.2, 0.25) is 5.02 Å². The maximum Gasteiger partial charge on any atom is 0.344 e. The highest BCUT2D eigenvalue weighted by Crippen LogP contribution is 2.17. The van der Waals surface area contributed by atoms with E-state index in [0.717, 1.165) is 11.1 Å². The highest BCUT2D eigenvalue weighted by molar-refractivity contribution is 6.30. The van der Waals surface area contributed by atoms with Gasteiger partial charge in [-0.2, -0.15) is 0 Å². The lowest BCUT2D eigenvalue weighted by Crippen LogP contribution is -2.10. The molecule has 0 aliphatic rings. The monoisotopic (exact) mass is 274 g/mol. The quantitative estimate of drug-likeness (QED) is 0.784. The molecule has 0 saturated heterocycles. The van der Waals surface area contributed by atoms with Gasteiger partial charge in [-0.3, -0.25) is 0 Å². The molecule has 0 fully saturated rings. The van der Waals surface area contributed by atoms with Crippen molar-refractivity contribution in [2.45, 2.75) is 20.8 Å². The third-order valence-electron chi connectivity index (χ3n) is 3.00.